The summed E-state index contributed by atoms with van der Waals surface area (Å²) in [4.78, 5) is 12.4. The lowest BCUT2D eigenvalue weighted by atomic mass is 10.0. The predicted molar refractivity (Wildman–Crippen MR) is 71.1 cm³/mol. The van der Waals surface area contributed by atoms with Crippen LogP contribution in [0.5, 0.6) is 17.2 Å². The molecule has 0 aromatic heterocycles. The van der Waals surface area contributed by atoms with E-state index < -0.39 is 0 Å². The zero-order valence-electron chi connectivity index (χ0n) is 10.7. The van der Waals surface area contributed by atoms with Crippen LogP contribution < -0.4 is 9.47 Å². The maximum Gasteiger partial charge on any atom is 0.197 e. The largest absolute Gasteiger partial charge is 0.508 e. The molecule has 2 rings (SSSR count). The van der Waals surface area contributed by atoms with Gasteiger partial charge in [-0.25, -0.2) is 0 Å². The number of carbonyl (C=O) groups excluding carboxylic acids is 1. The van der Waals surface area contributed by atoms with Gasteiger partial charge in [0.05, 0.1) is 19.8 Å². The van der Waals surface area contributed by atoms with Crippen molar-refractivity contribution < 1.29 is 19.4 Å². The summed E-state index contributed by atoms with van der Waals surface area (Å²) in [5.74, 6) is 0.859. The SMILES string of the molecule is COc1ccc(OC)c(C(=O)c2cccc(O)c2)c1. The molecule has 0 atom stereocenters. The van der Waals surface area contributed by atoms with E-state index in [2.05, 4.69) is 0 Å². The summed E-state index contributed by atoms with van der Waals surface area (Å²) in [6, 6.07) is 11.2. The Bertz CT molecular complexity index is 605. The Kier molecular flexibility index (Phi) is 3.71. The summed E-state index contributed by atoms with van der Waals surface area (Å²) in [7, 11) is 3.03. The van der Waals surface area contributed by atoms with Gasteiger partial charge >= 0.3 is 0 Å². The number of phenols is 1. The molecule has 19 heavy (non-hydrogen) atoms. The lowest BCUT2D eigenvalue weighted by Gasteiger charge is -2.09. The van der Waals surface area contributed by atoms with Crippen LogP contribution in [0.15, 0.2) is 42.5 Å². The van der Waals surface area contributed by atoms with Gasteiger partial charge in [0.15, 0.2) is 5.78 Å². The highest BCUT2D eigenvalue weighted by Gasteiger charge is 2.16. The molecule has 1 N–H and O–H groups in total. The van der Waals surface area contributed by atoms with E-state index in [4.69, 9.17) is 9.47 Å². The first-order valence-corrected chi connectivity index (χ1v) is 5.71. The van der Waals surface area contributed by atoms with E-state index in [1.165, 1.54) is 26.4 Å². The maximum absolute atomic E-state index is 12.4. The van der Waals surface area contributed by atoms with Crippen LogP contribution >= 0.6 is 0 Å². The Morgan fingerprint density at radius 2 is 1.84 bits per heavy atom. The second-order valence-corrected chi connectivity index (χ2v) is 3.95. The van der Waals surface area contributed by atoms with Crippen molar-refractivity contribution in [2.45, 2.75) is 0 Å². The van der Waals surface area contributed by atoms with Gasteiger partial charge in [0, 0.05) is 5.56 Å². The molecule has 0 radical (unpaired) electrons. The van der Waals surface area contributed by atoms with Crippen LogP contribution in [-0.4, -0.2) is 25.1 Å². The van der Waals surface area contributed by atoms with Crippen LogP contribution in [-0.2, 0) is 0 Å². The Morgan fingerprint density at radius 3 is 2.47 bits per heavy atom. The summed E-state index contributed by atoms with van der Waals surface area (Å²) in [6.45, 7) is 0. The van der Waals surface area contributed by atoms with Crippen molar-refractivity contribution in [3.8, 4) is 17.2 Å². The number of rotatable bonds is 4. The molecule has 0 aliphatic carbocycles. The van der Waals surface area contributed by atoms with E-state index in [-0.39, 0.29) is 11.5 Å². The molecule has 0 fully saturated rings. The fourth-order valence-electron chi connectivity index (χ4n) is 1.79. The van der Waals surface area contributed by atoms with Gasteiger partial charge in [0.25, 0.3) is 0 Å². The Morgan fingerprint density at radius 1 is 1.05 bits per heavy atom. The topological polar surface area (TPSA) is 55.8 Å². The first-order chi connectivity index (χ1) is 9.15. The molecule has 2 aromatic rings. The molecular weight excluding hydrogens is 244 g/mol. The Labute approximate surface area is 111 Å². The quantitative estimate of drug-likeness (QED) is 0.856. The number of hydrogen-bond acceptors (Lipinski definition) is 4. The number of ether oxygens (including phenoxy) is 2. The van der Waals surface area contributed by atoms with E-state index in [1.807, 2.05) is 0 Å². The summed E-state index contributed by atoms with van der Waals surface area (Å²) in [5.41, 5.74) is 0.791. The van der Waals surface area contributed by atoms with Gasteiger partial charge in [0.1, 0.15) is 17.2 Å². The van der Waals surface area contributed by atoms with Crippen molar-refractivity contribution in [2.75, 3.05) is 14.2 Å². The second kappa shape index (κ2) is 5.44. The van der Waals surface area contributed by atoms with Gasteiger partial charge in [-0.1, -0.05) is 12.1 Å². The molecule has 0 amide bonds. The first kappa shape index (κ1) is 13.0. The van der Waals surface area contributed by atoms with Gasteiger partial charge in [-0.05, 0) is 30.3 Å². The molecule has 0 unspecified atom stereocenters. The molecule has 0 bridgehead atoms. The molecule has 0 saturated heterocycles. The average molecular weight is 258 g/mol. The van der Waals surface area contributed by atoms with Crippen molar-refractivity contribution in [2.24, 2.45) is 0 Å². The number of ketones is 1. The fraction of sp³-hybridized carbons (Fsp3) is 0.133. The minimum atomic E-state index is -0.230. The zero-order valence-corrected chi connectivity index (χ0v) is 10.7. The smallest absolute Gasteiger partial charge is 0.197 e. The predicted octanol–water partition coefficient (Wildman–Crippen LogP) is 2.64. The standard InChI is InChI=1S/C15H14O4/c1-18-12-6-7-14(19-2)13(9-12)15(17)10-4-3-5-11(16)8-10/h3-9,16H,1-2H3. The summed E-state index contributed by atoms with van der Waals surface area (Å²) in [6.07, 6.45) is 0. The third-order valence-electron chi connectivity index (χ3n) is 2.76. The third kappa shape index (κ3) is 2.68. The van der Waals surface area contributed by atoms with E-state index >= 15 is 0 Å². The number of carbonyl (C=O) groups is 1. The van der Waals surface area contributed by atoms with Crippen LogP contribution in [0.4, 0.5) is 0 Å². The van der Waals surface area contributed by atoms with Crippen molar-refractivity contribution in [1.29, 1.82) is 0 Å². The summed E-state index contributed by atoms with van der Waals surface area (Å²) < 4.78 is 10.3. The normalized spacial score (nSPS) is 10.0. The maximum atomic E-state index is 12.4. The van der Waals surface area contributed by atoms with E-state index in [0.717, 1.165) is 0 Å². The fourth-order valence-corrected chi connectivity index (χ4v) is 1.79. The molecule has 0 spiro atoms. The van der Waals surface area contributed by atoms with Gasteiger partial charge < -0.3 is 14.6 Å². The molecule has 0 aliphatic heterocycles. The van der Waals surface area contributed by atoms with Crippen LogP contribution in [0.1, 0.15) is 15.9 Å². The monoisotopic (exact) mass is 258 g/mol. The van der Waals surface area contributed by atoms with Gasteiger partial charge in [0.2, 0.25) is 0 Å². The van der Waals surface area contributed by atoms with Crippen molar-refractivity contribution in [3.63, 3.8) is 0 Å². The lowest BCUT2D eigenvalue weighted by Crippen LogP contribution is -2.04. The Hall–Kier alpha value is -2.49. The Balaban J connectivity index is 2.48. The lowest BCUT2D eigenvalue weighted by molar-refractivity contribution is 0.103. The molecule has 98 valence electrons. The highest BCUT2D eigenvalue weighted by atomic mass is 16.5. The van der Waals surface area contributed by atoms with E-state index in [1.54, 1.807) is 30.3 Å². The molecule has 4 heteroatoms. The van der Waals surface area contributed by atoms with Crippen LogP contribution in [0.3, 0.4) is 0 Å². The van der Waals surface area contributed by atoms with Gasteiger partial charge in [-0.15, -0.1) is 0 Å². The minimum Gasteiger partial charge on any atom is -0.508 e. The molecule has 0 heterocycles. The van der Waals surface area contributed by atoms with Crippen molar-refractivity contribution in [1.82, 2.24) is 0 Å². The highest BCUT2D eigenvalue weighted by molar-refractivity contribution is 6.11. The summed E-state index contributed by atoms with van der Waals surface area (Å²) >= 11 is 0. The van der Waals surface area contributed by atoms with Crippen LogP contribution in [0, 0.1) is 0 Å². The number of hydrogen-bond donors (Lipinski definition) is 1. The zero-order chi connectivity index (χ0) is 13.8. The summed E-state index contributed by atoms with van der Waals surface area (Å²) in [5, 5.41) is 9.43. The number of phenolic OH excluding ortho intramolecular Hbond substituents is 1. The molecule has 2 aromatic carbocycles. The van der Waals surface area contributed by atoms with Gasteiger partial charge in [-0.2, -0.15) is 0 Å². The van der Waals surface area contributed by atoms with Crippen molar-refractivity contribution in [3.05, 3.63) is 53.6 Å². The molecule has 0 saturated carbocycles. The number of aromatic hydroxyl groups is 1. The van der Waals surface area contributed by atoms with Crippen molar-refractivity contribution >= 4 is 5.78 Å². The number of benzene rings is 2. The average Bonchev–Trinajstić information content (AvgIpc) is 2.45. The second-order valence-electron chi connectivity index (χ2n) is 3.95. The minimum absolute atomic E-state index is 0.0488. The van der Waals surface area contributed by atoms with Crippen LogP contribution in [0.2, 0.25) is 0 Å². The first-order valence-electron chi connectivity index (χ1n) is 5.71. The molecule has 0 aliphatic rings. The van der Waals surface area contributed by atoms with Crippen LogP contribution in [0.25, 0.3) is 0 Å². The van der Waals surface area contributed by atoms with E-state index in [0.29, 0.717) is 22.6 Å². The third-order valence-corrected chi connectivity index (χ3v) is 2.76. The number of methoxy groups -OCH3 is 2. The van der Waals surface area contributed by atoms with Gasteiger partial charge in [-0.3, -0.25) is 4.79 Å². The molecule has 4 nitrogen and oxygen atoms in total. The highest BCUT2D eigenvalue weighted by Crippen LogP contribution is 2.27. The molecular formula is C15H14O4. The van der Waals surface area contributed by atoms with E-state index in [9.17, 15) is 9.90 Å².